The van der Waals surface area contributed by atoms with Crippen LogP contribution in [0.4, 0.5) is 0 Å². The number of piperidine rings is 1. The lowest BCUT2D eigenvalue weighted by Crippen LogP contribution is -2.41. The number of carbonyl (C=O) groups excluding carboxylic acids is 2. The molecule has 1 aromatic rings. The number of carbonyl (C=O) groups is 2. The van der Waals surface area contributed by atoms with E-state index in [9.17, 15) is 18.0 Å². The van der Waals surface area contributed by atoms with Crippen molar-refractivity contribution in [2.24, 2.45) is 0 Å². The number of hydrogen-bond acceptors (Lipinski definition) is 5. The van der Waals surface area contributed by atoms with Crippen LogP contribution in [0.2, 0.25) is 0 Å². The van der Waals surface area contributed by atoms with Crippen molar-refractivity contribution < 1.29 is 18.0 Å². The van der Waals surface area contributed by atoms with Crippen molar-refractivity contribution in [3.8, 4) is 0 Å². The third kappa shape index (κ3) is 4.06. The Balaban J connectivity index is 1.77. The molecule has 3 heterocycles. The lowest BCUT2D eigenvalue weighted by Gasteiger charge is -2.28. The Morgan fingerprint density at radius 2 is 2.00 bits per heavy atom. The minimum absolute atomic E-state index is 0.00101. The van der Waals surface area contributed by atoms with Crippen molar-refractivity contribution in [1.82, 2.24) is 14.8 Å². The van der Waals surface area contributed by atoms with Crippen molar-refractivity contribution in [2.75, 3.05) is 31.1 Å². The zero-order valence-corrected chi connectivity index (χ0v) is 15.9. The zero-order valence-electron chi connectivity index (χ0n) is 15.1. The van der Waals surface area contributed by atoms with Crippen LogP contribution in [0.3, 0.4) is 0 Å². The van der Waals surface area contributed by atoms with Crippen LogP contribution in [0.25, 0.3) is 0 Å². The maximum atomic E-state index is 12.9. The van der Waals surface area contributed by atoms with E-state index in [1.165, 1.54) is 12.3 Å². The van der Waals surface area contributed by atoms with Gasteiger partial charge in [-0.15, -0.1) is 0 Å². The molecule has 1 atom stereocenters. The lowest BCUT2D eigenvalue weighted by atomic mass is 10.1. The van der Waals surface area contributed by atoms with Crippen LogP contribution in [-0.4, -0.2) is 72.2 Å². The molecule has 2 amide bonds. The van der Waals surface area contributed by atoms with Gasteiger partial charge in [-0.3, -0.25) is 14.6 Å². The average molecular weight is 379 g/mol. The molecule has 2 aliphatic rings. The SMILES string of the molecule is CCN(C(=O)c1cc(C(=O)N2CCCCC2)ccn1)C1CCS(=O)(=O)C1. The summed E-state index contributed by atoms with van der Waals surface area (Å²) in [5.74, 6) is -0.281. The first-order valence-electron chi connectivity index (χ1n) is 9.18. The molecule has 26 heavy (non-hydrogen) atoms. The molecule has 3 rings (SSSR count). The third-order valence-corrected chi connectivity index (χ3v) is 6.87. The van der Waals surface area contributed by atoms with Gasteiger partial charge in [0.1, 0.15) is 5.69 Å². The molecule has 8 heteroatoms. The van der Waals surface area contributed by atoms with Gasteiger partial charge >= 0.3 is 0 Å². The van der Waals surface area contributed by atoms with Gasteiger partial charge in [0.05, 0.1) is 11.5 Å². The van der Waals surface area contributed by atoms with Gasteiger partial charge in [-0.25, -0.2) is 8.42 Å². The molecule has 1 aromatic heterocycles. The first-order valence-corrected chi connectivity index (χ1v) is 11.0. The summed E-state index contributed by atoms with van der Waals surface area (Å²) < 4.78 is 23.5. The van der Waals surface area contributed by atoms with Gasteiger partial charge in [0.25, 0.3) is 11.8 Å². The Labute approximate surface area is 154 Å². The summed E-state index contributed by atoms with van der Waals surface area (Å²) in [6, 6.07) is 2.84. The van der Waals surface area contributed by atoms with E-state index >= 15 is 0 Å². The normalized spacial score (nSPS) is 22.2. The van der Waals surface area contributed by atoms with Crippen LogP contribution in [0.15, 0.2) is 18.3 Å². The Morgan fingerprint density at radius 1 is 1.27 bits per heavy atom. The number of pyridine rings is 1. The van der Waals surface area contributed by atoms with E-state index in [4.69, 9.17) is 0 Å². The summed E-state index contributed by atoms with van der Waals surface area (Å²) in [6.45, 7) is 3.72. The number of aromatic nitrogens is 1. The van der Waals surface area contributed by atoms with Gasteiger partial charge in [0, 0.05) is 37.4 Å². The molecule has 2 saturated heterocycles. The maximum Gasteiger partial charge on any atom is 0.272 e. The highest BCUT2D eigenvalue weighted by molar-refractivity contribution is 7.91. The summed E-state index contributed by atoms with van der Waals surface area (Å²) in [7, 11) is -3.08. The van der Waals surface area contributed by atoms with E-state index in [1.807, 2.05) is 11.8 Å². The molecule has 1 unspecified atom stereocenters. The van der Waals surface area contributed by atoms with Gasteiger partial charge in [0.15, 0.2) is 9.84 Å². The van der Waals surface area contributed by atoms with Crippen LogP contribution in [-0.2, 0) is 9.84 Å². The molecule has 142 valence electrons. The Morgan fingerprint density at radius 3 is 2.62 bits per heavy atom. The second kappa shape index (κ2) is 7.73. The Kier molecular flexibility index (Phi) is 5.60. The quantitative estimate of drug-likeness (QED) is 0.788. The number of rotatable bonds is 4. The van der Waals surface area contributed by atoms with Crippen molar-refractivity contribution in [1.29, 1.82) is 0 Å². The minimum atomic E-state index is -3.08. The monoisotopic (exact) mass is 379 g/mol. The second-order valence-electron chi connectivity index (χ2n) is 6.93. The fraction of sp³-hybridized carbons (Fsp3) is 0.611. The second-order valence-corrected chi connectivity index (χ2v) is 9.16. The molecular formula is C18H25N3O4S. The van der Waals surface area contributed by atoms with Gasteiger partial charge < -0.3 is 9.80 Å². The number of sulfone groups is 1. The van der Waals surface area contributed by atoms with Crippen molar-refractivity contribution in [3.63, 3.8) is 0 Å². The molecule has 0 radical (unpaired) electrons. The molecule has 0 bridgehead atoms. The highest BCUT2D eigenvalue weighted by atomic mass is 32.2. The van der Waals surface area contributed by atoms with Crippen molar-refractivity contribution in [2.45, 2.75) is 38.6 Å². The van der Waals surface area contributed by atoms with Crippen LogP contribution in [0.5, 0.6) is 0 Å². The molecule has 0 aliphatic carbocycles. The van der Waals surface area contributed by atoms with Gasteiger partial charge in [-0.2, -0.15) is 0 Å². The smallest absolute Gasteiger partial charge is 0.272 e. The molecule has 2 aliphatic heterocycles. The van der Waals surface area contributed by atoms with Gasteiger partial charge in [-0.1, -0.05) is 0 Å². The van der Waals surface area contributed by atoms with Gasteiger partial charge in [-0.05, 0) is 44.7 Å². The first-order chi connectivity index (χ1) is 12.4. The third-order valence-electron chi connectivity index (χ3n) is 5.12. The predicted molar refractivity (Wildman–Crippen MR) is 97.8 cm³/mol. The molecule has 0 spiro atoms. The van der Waals surface area contributed by atoms with E-state index in [2.05, 4.69) is 4.98 Å². The maximum absolute atomic E-state index is 12.9. The van der Waals surface area contributed by atoms with Crippen molar-refractivity contribution in [3.05, 3.63) is 29.6 Å². The summed E-state index contributed by atoms with van der Waals surface area (Å²) >= 11 is 0. The number of amides is 2. The van der Waals surface area contributed by atoms with E-state index in [0.29, 0.717) is 18.5 Å². The molecule has 7 nitrogen and oxygen atoms in total. The first kappa shape index (κ1) is 18.8. The highest BCUT2D eigenvalue weighted by Crippen LogP contribution is 2.20. The fourth-order valence-electron chi connectivity index (χ4n) is 3.70. The zero-order chi connectivity index (χ0) is 18.7. The van der Waals surface area contributed by atoms with Crippen LogP contribution >= 0.6 is 0 Å². The minimum Gasteiger partial charge on any atom is -0.339 e. The predicted octanol–water partition coefficient (Wildman–Crippen LogP) is 1.36. The Hall–Kier alpha value is -1.96. The molecule has 0 saturated carbocycles. The van der Waals surface area contributed by atoms with Crippen LogP contribution < -0.4 is 0 Å². The van der Waals surface area contributed by atoms with Gasteiger partial charge in [0.2, 0.25) is 0 Å². The van der Waals surface area contributed by atoms with Crippen molar-refractivity contribution >= 4 is 21.7 Å². The highest BCUT2D eigenvalue weighted by Gasteiger charge is 2.34. The molecule has 0 aromatic carbocycles. The van der Waals surface area contributed by atoms with Crippen LogP contribution in [0, 0.1) is 0 Å². The average Bonchev–Trinajstić information content (AvgIpc) is 3.02. The summed E-state index contributed by atoms with van der Waals surface area (Å²) in [4.78, 5) is 33.0. The van der Waals surface area contributed by atoms with E-state index < -0.39 is 9.84 Å². The summed E-state index contributed by atoms with van der Waals surface area (Å²) in [5, 5.41) is 0. The lowest BCUT2D eigenvalue weighted by molar-refractivity contribution is 0.0702. The Bertz CT molecular complexity index is 787. The number of hydrogen-bond donors (Lipinski definition) is 0. The molecular weight excluding hydrogens is 354 g/mol. The number of nitrogens with zero attached hydrogens (tertiary/aromatic N) is 3. The molecule has 0 N–H and O–H groups in total. The topological polar surface area (TPSA) is 87.7 Å². The standard InChI is InChI=1S/C18H25N3O4S/c1-2-21(15-7-11-26(24,25)13-15)18(23)16-12-14(6-8-19-16)17(22)20-9-4-3-5-10-20/h6,8,12,15H,2-5,7,9-11,13H2,1H3. The van der Waals surface area contributed by atoms with E-state index in [1.54, 1.807) is 11.0 Å². The van der Waals surface area contributed by atoms with E-state index in [-0.39, 0.29) is 35.1 Å². The fourth-order valence-corrected chi connectivity index (χ4v) is 5.43. The summed E-state index contributed by atoms with van der Waals surface area (Å²) in [6.07, 6.45) is 5.07. The largest absolute Gasteiger partial charge is 0.339 e. The summed E-state index contributed by atoms with van der Waals surface area (Å²) in [5.41, 5.74) is 0.652. The number of likely N-dealkylation sites (tertiary alicyclic amines) is 1. The van der Waals surface area contributed by atoms with Crippen LogP contribution in [0.1, 0.15) is 53.5 Å². The molecule has 2 fully saturated rings. The van der Waals surface area contributed by atoms with E-state index in [0.717, 1.165) is 32.4 Å².